The van der Waals surface area contributed by atoms with Crippen molar-refractivity contribution < 1.29 is 14.5 Å². The molecule has 1 aromatic heterocycles. The van der Waals surface area contributed by atoms with Crippen LogP contribution in [0.5, 0.6) is 5.75 Å². The van der Waals surface area contributed by atoms with Gasteiger partial charge < -0.3 is 4.74 Å². The first-order valence-electron chi connectivity index (χ1n) is 7.19. The Morgan fingerprint density at radius 3 is 2.80 bits per heavy atom. The first-order valence-corrected chi connectivity index (χ1v) is 7.19. The molecule has 0 N–H and O–H groups in total. The van der Waals surface area contributed by atoms with Crippen LogP contribution in [0.15, 0.2) is 47.8 Å². The number of hydrogen-bond donors (Lipinski definition) is 0. The molecule has 0 spiro atoms. The number of benzene rings is 1. The third kappa shape index (κ3) is 3.42. The van der Waals surface area contributed by atoms with Crippen LogP contribution in [0, 0.1) is 16.7 Å². The predicted octanol–water partition coefficient (Wildman–Crippen LogP) is 3.47. The Labute approximate surface area is 142 Å². The topological polar surface area (TPSA) is 102 Å². The van der Waals surface area contributed by atoms with Crippen molar-refractivity contribution in [1.82, 2.24) is 9.99 Å². The molecule has 1 aliphatic heterocycles. The van der Waals surface area contributed by atoms with Gasteiger partial charge in [-0.15, -0.1) is 0 Å². The lowest BCUT2D eigenvalue weighted by molar-refractivity contribution is -0.384. The van der Waals surface area contributed by atoms with E-state index in [2.05, 4.69) is 14.9 Å². The maximum absolute atomic E-state index is 12.3. The highest BCUT2D eigenvalue weighted by Crippen LogP contribution is 2.30. The van der Waals surface area contributed by atoms with E-state index in [-0.39, 0.29) is 11.4 Å². The zero-order valence-corrected chi connectivity index (χ0v) is 12.8. The maximum atomic E-state index is 12.3. The average molecular weight is 337 g/mol. The number of carbonyl (C=O) groups is 1. The van der Waals surface area contributed by atoms with Crippen LogP contribution in [0.25, 0.3) is 4.85 Å². The first-order chi connectivity index (χ1) is 12.1. The monoisotopic (exact) mass is 337 g/mol. The molecule has 0 aliphatic carbocycles. The lowest BCUT2D eigenvalue weighted by atomic mass is 10.1. The van der Waals surface area contributed by atoms with Crippen LogP contribution >= 0.6 is 0 Å². The molecular weight excluding hydrogens is 326 g/mol. The summed E-state index contributed by atoms with van der Waals surface area (Å²) < 4.78 is 5.21. The van der Waals surface area contributed by atoms with E-state index in [1.807, 2.05) is 0 Å². The minimum Gasteiger partial charge on any atom is -0.409 e. The number of nitro benzene ring substituents is 1. The van der Waals surface area contributed by atoms with E-state index in [9.17, 15) is 14.9 Å². The number of nitro groups is 1. The van der Waals surface area contributed by atoms with Gasteiger partial charge in [-0.1, -0.05) is 0 Å². The average Bonchev–Trinajstić information content (AvgIpc) is 3.12. The van der Waals surface area contributed by atoms with Crippen molar-refractivity contribution in [3.05, 3.63) is 69.8 Å². The molecule has 1 amide bonds. The smallest absolute Gasteiger partial charge is 0.409 e. The lowest BCUT2D eigenvalue weighted by Gasteiger charge is -2.21. The Bertz CT molecular complexity index is 888. The standard InChI is InChI=1S/C16H11N5O4/c1-17-12-8-11(9-18-10-12)15-6-7-19-20(15)16(22)25-14-4-2-13(3-5-14)21(23)24/h2-5,7-10,15H,6H2/t15-/m0/s1. The van der Waals surface area contributed by atoms with Crippen LogP contribution in [0.1, 0.15) is 18.0 Å². The van der Waals surface area contributed by atoms with Gasteiger partial charge in [-0.2, -0.15) is 10.1 Å². The van der Waals surface area contributed by atoms with Gasteiger partial charge in [0.25, 0.3) is 5.69 Å². The molecule has 1 aliphatic rings. The Morgan fingerprint density at radius 2 is 2.12 bits per heavy atom. The quantitative estimate of drug-likeness (QED) is 0.485. The third-order valence-electron chi connectivity index (χ3n) is 3.53. The van der Waals surface area contributed by atoms with Crippen LogP contribution in [-0.4, -0.2) is 27.2 Å². The molecule has 25 heavy (non-hydrogen) atoms. The molecule has 2 heterocycles. The highest BCUT2D eigenvalue weighted by atomic mass is 16.6. The van der Waals surface area contributed by atoms with Crippen LogP contribution in [0.4, 0.5) is 16.2 Å². The minimum atomic E-state index is -0.721. The van der Waals surface area contributed by atoms with Crippen molar-refractivity contribution in [2.45, 2.75) is 12.5 Å². The normalized spacial score (nSPS) is 15.6. The Morgan fingerprint density at radius 1 is 1.36 bits per heavy atom. The molecule has 0 unspecified atom stereocenters. The molecule has 0 radical (unpaired) electrons. The molecule has 9 heteroatoms. The van der Waals surface area contributed by atoms with E-state index in [0.29, 0.717) is 17.7 Å². The summed E-state index contributed by atoms with van der Waals surface area (Å²) >= 11 is 0. The van der Waals surface area contributed by atoms with Gasteiger partial charge >= 0.3 is 6.09 Å². The highest BCUT2D eigenvalue weighted by Gasteiger charge is 2.30. The third-order valence-corrected chi connectivity index (χ3v) is 3.53. The second-order valence-corrected chi connectivity index (χ2v) is 5.10. The van der Waals surface area contributed by atoms with Crippen molar-refractivity contribution in [3.8, 4) is 5.75 Å². The zero-order valence-electron chi connectivity index (χ0n) is 12.8. The number of non-ortho nitro benzene ring substituents is 1. The Hall–Kier alpha value is -3.80. The fourth-order valence-electron chi connectivity index (χ4n) is 2.34. The number of pyridine rings is 1. The van der Waals surface area contributed by atoms with E-state index < -0.39 is 17.1 Å². The zero-order chi connectivity index (χ0) is 17.8. The summed E-state index contributed by atoms with van der Waals surface area (Å²) in [5.41, 5.74) is 0.943. The maximum Gasteiger partial charge on any atom is 0.436 e. The van der Waals surface area contributed by atoms with Crippen molar-refractivity contribution in [2.75, 3.05) is 0 Å². The van der Waals surface area contributed by atoms with Crippen LogP contribution in [0.2, 0.25) is 0 Å². The van der Waals surface area contributed by atoms with E-state index in [0.717, 1.165) is 5.01 Å². The number of aromatic nitrogens is 1. The largest absolute Gasteiger partial charge is 0.436 e. The van der Waals surface area contributed by atoms with Crippen LogP contribution < -0.4 is 4.74 Å². The SMILES string of the molecule is [C-]#[N+]c1cncc([C@@H]2CC=NN2C(=O)Oc2ccc([N+](=O)[O-])cc2)c1. The predicted molar refractivity (Wildman–Crippen MR) is 87.3 cm³/mol. The molecule has 0 fully saturated rings. The number of rotatable bonds is 3. The molecule has 1 atom stereocenters. The minimum absolute atomic E-state index is 0.0982. The van der Waals surface area contributed by atoms with E-state index in [4.69, 9.17) is 11.3 Å². The van der Waals surface area contributed by atoms with E-state index >= 15 is 0 Å². The second-order valence-electron chi connectivity index (χ2n) is 5.10. The number of carbonyl (C=O) groups excluding carboxylic acids is 1. The van der Waals surface area contributed by atoms with Crippen molar-refractivity contribution in [1.29, 1.82) is 0 Å². The number of nitrogens with zero attached hydrogens (tertiary/aromatic N) is 5. The summed E-state index contributed by atoms with van der Waals surface area (Å²) in [7, 11) is 0. The van der Waals surface area contributed by atoms with Crippen LogP contribution in [-0.2, 0) is 0 Å². The molecule has 2 aromatic rings. The van der Waals surface area contributed by atoms with Gasteiger partial charge in [0.1, 0.15) is 5.75 Å². The lowest BCUT2D eigenvalue weighted by Crippen LogP contribution is -2.29. The molecule has 0 saturated heterocycles. The van der Waals surface area contributed by atoms with Crippen molar-refractivity contribution >= 4 is 23.7 Å². The highest BCUT2D eigenvalue weighted by molar-refractivity contribution is 5.75. The number of amides is 1. The number of ether oxygens (including phenoxy) is 1. The summed E-state index contributed by atoms with van der Waals surface area (Å²) in [6, 6.07) is 6.40. The van der Waals surface area contributed by atoms with E-state index in [1.54, 1.807) is 18.5 Å². The number of hydrogen-bond acceptors (Lipinski definition) is 6. The van der Waals surface area contributed by atoms with E-state index in [1.165, 1.54) is 30.5 Å². The summed E-state index contributed by atoms with van der Waals surface area (Å²) in [5, 5.41) is 15.8. The van der Waals surface area contributed by atoms with Crippen molar-refractivity contribution in [2.24, 2.45) is 5.10 Å². The van der Waals surface area contributed by atoms with Crippen molar-refractivity contribution in [3.63, 3.8) is 0 Å². The van der Waals surface area contributed by atoms with Gasteiger partial charge in [-0.25, -0.2) is 9.64 Å². The molecule has 0 bridgehead atoms. The first kappa shape index (κ1) is 16.1. The molecule has 1 aromatic carbocycles. The van der Waals surface area contributed by atoms with Gasteiger partial charge in [0.15, 0.2) is 0 Å². The number of hydrazone groups is 1. The summed E-state index contributed by atoms with van der Waals surface area (Å²) in [5.74, 6) is 0.171. The molecular formula is C16H11N5O4. The Kier molecular flexibility index (Phi) is 4.34. The Balaban J connectivity index is 1.75. The molecule has 124 valence electrons. The van der Waals surface area contributed by atoms with Gasteiger partial charge in [0.05, 0.1) is 17.5 Å². The molecule has 0 saturated carbocycles. The van der Waals surface area contributed by atoms with Gasteiger partial charge in [-0.05, 0) is 23.8 Å². The van der Waals surface area contributed by atoms with Gasteiger partial charge in [0.2, 0.25) is 5.69 Å². The fraction of sp³-hybridized carbons (Fsp3) is 0.125. The summed E-state index contributed by atoms with van der Waals surface area (Å²) in [4.78, 5) is 29.8. The molecule has 9 nitrogen and oxygen atoms in total. The fourth-order valence-corrected chi connectivity index (χ4v) is 2.34. The molecule has 3 rings (SSSR count). The van der Waals surface area contributed by atoms with Gasteiger partial charge in [0, 0.05) is 37.2 Å². The summed E-state index contributed by atoms with van der Waals surface area (Å²) in [6.45, 7) is 7.04. The summed E-state index contributed by atoms with van der Waals surface area (Å²) in [6.07, 6.45) is 4.33. The second kappa shape index (κ2) is 6.76. The van der Waals surface area contributed by atoms with Gasteiger partial charge in [-0.3, -0.25) is 15.1 Å². The van der Waals surface area contributed by atoms with Crippen LogP contribution in [0.3, 0.4) is 0 Å².